The molecule has 0 spiro atoms. The normalized spacial score (nSPS) is 12.2. The number of carbonyl (C=O) groups excluding carboxylic acids is 6. The maximum Gasteiger partial charge on any atom is 0.277 e. The molecular formula is C98H84N12O13. The van der Waals surface area contributed by atoms with Gasteiger partial charge in [-0.2, -0.15) is 30.6 Å². The summed E-state index contributed by atoms with van der Waals surface area (Å²) >= 11 is 0. The Morgan fingerprint density at radius 3 is 1.06 bits per heavy atom. The predicted molar refractivity (Wildman–Crippen MR) is 482 cm³/mol. The van der Waals surface area contributed by atoms with Crippen LogP contribution in [0.2, 0.25) is 0 Å². The predicted octanol–water partition coefficient (Wildman–Crippen LogP) is 15.5. The van der Waals surface area contributed by atoms with Crippen LogP contribution in [0.3, 0.4) is 0 Å². The molecule has 25 nitrogen and oxygen atoms in total. The molecule has 12 N–H and O–H groups in total. The Bertz CT molecular complexity index is 6510. The molecular weight excluding hydrogens is 1550 g/mol. The zero-order chi connectivity index (χ0) is 86.2. The standard InChI is InChI=1S/C23H18N2O2.2C19H16N2O3.C19H16N2O2.C18H18N4O3/c26-22-13-12-17-7-2-4-11-20(17)21(22)15-24-25-23(27)14-18-9-5-8-16-6-1-3-10-19(16)18;22-15-6-3-4-13(10-15)11-19(24)21-20-12-17-16-7-2-1-5-14(16)8-9-18(17)23;22-18-11-10-14-6-4-5-9-16(14)17(18)12-20-21-19(23)13-24-15-7-2-1-3-8-15;22-18-11-10-15-8-4-5-9-16(15)17(18)13-20-21-19(23)12-14-6-2-1-3-7-14;1-11-13(18(25)22-20-11)7-9-17(24)21-19-10-15-14-5-3-2-4-12(14)6-8-16(15)23/h1-13,15,26H,14H2,(H,25,27);1-10,12,22-23H,11H2,(H,21,24);1-12,22H,13H2,(H,21,23);1-11,13,22H,12H2,(H,21,23);2-6,8,10,13,23H,7,9H2,1H3,(H,21,24)(H,22,25)/b24-15-;2*20-12-;20-13-;19-10-. The van der Waals surface area contributed by atoms with E-state index in [-0.39, 0.29) is 108 Å². The van der Waals surface area contributed by atoms with Crippen LogP contribution in [-0.4, -0.2) is 109 Å². The first kappa shape index (κ1) is 85.7. The number of hydrogen-bond donors (Lipinski definition) is 12. The molecule has 123 heavy (non-hydrogen) atoms. The molecule has 0 aromatic heterocycles. The second-order valence-corrected chi connectivity index (χ2v) is 27.8. The van der Waals surface area contributed by atoms with Crippen molar-refractivity contribution in [3.63, 3.8) is 0 Å². The lowest BCUT2D eigenvalue weighted by molar-refractivity contribution is -0.124. The number of amides is 6. The number of ether oxygens (including phenoxy) is 1. The monoisotopic (exact) mass is 1640 g/mol. The molecule has 0 bridgehead atoms. The third-order valence-corrected chi connectivity index (χ3v) is 19.3. The Labute approximate surface area is 706 Å². The van der Waals surface area contributed by atoms with E-state index in [0.29, 0.717) is 51.3 Å². The van der Waals surface area contributed by atoms with Gasteiger partial charge in [0.15, 0.2) is 6.61 Å². The third-order valence-electron chi connectivity index (χ3n) is 19.3. The van der Waals surface area contributed by atoms with Crippen molar-refractivity contribution in [1.29, 1.82) is 0 Å². The Hall–Kier alpha value is -16.7. The van der Waals surface area contributed by atoms with E-state index in [9.17, 15) is 59.4 Å². The fraction of sp³-hybridized carbons (Fsp3) is 0.0816. The fourth-order valence-corrected chi connectivity index (χ4v) is 13.2. The summed E-state index contributed by atoms with van der Waals surface area (Å²) in [6.45, 7) is 1.62. The maximum absolute atomic E-state index is 12.3. The number of phenols is 6. The highest BCUT2D eigenvalue weighted by Crippen LogP contribution is 2.31. The zero-order valence-corrected chi connectivity index (χ0v) is 66.4. The first-order valence-corrected chi connectivity index (χ1v) is 38.8. The molecule has 15 aromatic rings. The highest BCUT2D eigenvalue weighted by Gasteiger charge is 2.27. The molecule has 0 radical (unpaired) electrons. The average Bonchev–Trinajstić information content (AvgIpc) is 1.65. The topological polar surface area (TPSA) is 379 Å². The summed E-state index contributed by atoms with van der Waals surface area (Å²) in [6.07, 6.45) is 8.37. The molecule has 614 valence electrons. The largest absolute Gasteiger partial charge is 0.508 e. The zero-order valence-electron chi connectivity index (χ0n) is 66.4. The number of carbonyl (C=O) groups is 6. The highest BCUT2D eigenvalue weighted by molar-refractivity contribution is 6.09. The fourth-order valence-electron chi connectivity index (χ4n) is 13.2. The number of hydrogen-bond acceptors (Lipinski definition) is 19. The molecule has 1 aliphatic heterocycles. The molecule has 6 amide bonds. The van der Waals surface area contributed by atoms with Crippen molar-refractivity contribution < 1.29 is 64.1 Å². The number of hydrazone groups is 6. The summed E-state index contributed by atoms with van der Waals surface area (Å²) in [7, 11) is 0. The minimum absolute atomic E-state index is 0.0890. The lowest BCUT2D eigenvalue weighted by atomic mass is 9.99. The maximum atomic E-state index is 12.3. The van der Waals surface area contributed by atoms with Crippen LogP contribution < -0.4 is 37.3 Å². The minimum atomic E-state index is -0.380. The van der Waals surface area contributed by atoms with Gasteiger partial charge in [0.05, 0.1) is 56.3 Å². The molecule has 16 rings (SSSR count). The van der Waals surface area contributed by atoms with Crippen LogP contribution in [0.25, 0.3) is 64.6 Å². The van der Waals surface area contributed by atoms with E-state index in [1.165, 1.54) is 37.1 Å². The van der Waals surface area contributed by atoms with Crippen molar-refractivity contribution in [3.05, 3.63) is 354 Å². The quantitative estimate of drug-likeness (QED) is 0.0222. The number of fused-ring (bicyclic) bond motifs is 6. The summed E-state index contributed by atoms with van der Waals surface area (Å²) < 4.78 is 5.33. The van der Waals surface area contributed by atoms with Crippen molar-refractivity contribution in [1.82, 2.24) is 32.6 Å². The molecule has 0 aliphatic carbocycles. The van der Waals surface area contributed by atoms with Gasteiger partial charge in [-0.1, -0.05) is 255 Å². The average molecular weight is 1640 g/mol. The van der Waals surface area contributed by atoms with Gasteiger partial charge in [0.25, 0.3) is 5.91 Å². The van der Waals surface area contributed by atoms with Crippen LogP contribution in [0.1, 0.15) is 64.3 Å². The van der Waals surface area contributed by atoms with E-state index >= 15 is 0 Å². The van der Waals surface area contributed by atoms with Crippen molar-refractivity contribution in [2.45, 2.75) is 39.0 Å². The SMILES string of the molecule is CC1=NNC(=O)C1CCC(=O)N/N=C\c1c(O)ccc2ccccc12.O=C(COc1ccccc1)N/N=C\c1c(O)ccc2ccccc12.O=C(Cc1cccc(O)c1)N/N=C\c1c(O)ccc2ccccc12.O=C(Cc1cccc2ccccc12)N/N=C\c1c(O)ccc2ccccc12.O=C(Cc1ccccc1)N/N=C\c1c(O)ccc2ccccc12. The number of aromatic hydroxyl groups is 6. The Balaban J connectivity index is 0.000000141. The second-order valence-electron chi connectivity index (χ2n) is 27.8. The van der Waals surface area contributed by atoms with Gasteiger partial charge in [-0.3, -0.25) is 28.8 Å². The summed E-state index contributed by atoms with van der Waals surface area (Å²) in [5.41, 5.74) is 20.7. The Morgan fingerprint density at radius 2 is 0.667 bits per heavy atom. The van der Waals surface area contributed by atoms with E-state index < -0.39 is 0 Å². The molecule has 1 heterocycles. The molecule has 1 atom stereocenters. The van der Waals surface area contributed by atoms with Crippen LogP contribution in [0, 0.1) is 5.92 Å². The Morgan fingerprint density at radius 1 is 0.350 bits per heavy atom. The van der Waals surface area contributed by atoms with Crippen molar-refractivity contribution in [2.24, 2.45) is 36.5 Å². The first-order valence-electron chi connectivity index (χ1n) is 38.8. The van der Waals surface area contributed by atoms with Crippen LogP contribution in [0.5, 0.6) is 40.2 Å². The van der Waals surface area contributed by atoms with Gasteiger partial charge in [-0.25, -0.2) is 32.6 Å². The van der Waals surface area contributed by atoms with Gasteiger partial charge in [-0.15, -0.1) is 0 Å². The number of benzene rings is 15. The summed E-state index contributed by atoms with van der Waals surface area (Å²) in [4.78, 5) is 71.2. The van der Waals surface area contributed by atoms with E-state index in [1.807, 2.05) is 243 Å². The van der Waals surface area contributed by atoms with Crippen LogP contribution in [0.4, 0.5) is 0 Å². The summed E-state index contributed by atoms with van der Waals surface area (Å²) in [5.74, 6) is -0.674. The van der Waals surface area contributed by atoms with Crippen molar-refractivity contribution in [2.75, 3.05) is 6.61 Å². The number of para-hydroxylation sites is 1. The van der Waals surface area contributed by atoms with E-state index in [0.717, 1.165) is 75.8 Å². The summed E-state index contributed by atoms with van der Waals surface area (Å²) in [5, 5.41) is 94.5. The lowest BCUT2D eigenvalue weighted by Gasteiger charge is -2.07. The smallest absolute Gasteiger partial charge is 0.277 e. The second kappa shape index (κ2) is 43.0. The molecule has 25 heteroatoms. The van der Waals surface area contributed by atoms with E-state index in [2.05, 4.69) is 63.2 Å². The van der Waals surface area contributed by atoms with E-state index in [1.54, 1.807) is 67.6 Å². The van der Waals surface area contributed by atoms with Gasteiger partial charge in [0.2, 0.25) is 29.5 Å². The highest BCUT2D eigenvalue weighted by atomic mass is 16.5. The number of nitrogens with one attached hydrogen (secondary N) is 6. The van der Waals surface area contributed by atoms with E-state index in [4.69, 9.17) is 4.74 Å². The first-order chi connectivity index (χ1) is 59.9. The number of nitrogens with zero attached hydrogens (tertiary/aromatic N) is 6. The molecule has 1 aliphatic rings. The summed E-state index contributed by atoms with van der Waals surface area (Å²) in [6, 6.07) is 94.3. The van der Waals surface area contributed by atoms with Gasteiger partial charge >= 0.3 is 0 Å². The number of phenolic OH excluding ortho intramolecular Hbond substituents is 6. The molecule has 0 fully saturated rings. The third kappa shape index (κ3) is 24.2. The molecule has 1 unspecified atom stereocenters. The van der Waals surface area contributed by atoms with Crippen molar-refractivity contribution in [3.8, 4) is 40.2 Å². The van der Waals surface area contributed by atoms with Gasteiger partial charge < -0.3 is 35.4 Å². The molecule has 0 saturated heterocycles. The van der Waals surface area contributed by atoms with Crippen molar-refractivity contribution >= 4 is 137 Å². The van der Waals surface area contributed by atoms with Crippen LogP contribution >= 0.6 is 0 Å². The van der Waals surface area contributed by atoms with Gasteiger partial charge in [-0.05, 0) is 149 Å². The van der Waals surface area contributed by atoms with Crippen LogP contribution in [0.15, 0.2) is 340 Å². The minimum Gasteiger partial charge on any atom is -0.508 e. The van der Waals surface area contributed by atoms with Gasteiger partial charge in [0, 0.05) is 39.9 Å². The van der Waals surface area contributed by atoms with Crippen LogP contribution in [-0.2, 0) is 48.0 Å². The lowest BCUT2D eigenvalue weighted by Crippen LogP contribution is -2.25. The number of rotatable bonds is 22. The van der Waals surface area contributed by atoms with Gasteiger partial charge in [0.1, 0.15) is 40.2 Å². The molecule has 0 saturated carbocycles. The molecule has 15 aromatic carbocycles. The Kier molecular flexibility index (Phi) is 29.9.